The van der Waals surface area contributed by atoms with Crippen molar-refractivity contribution in [2.24, 2.45) is 7.05 Å². The molecule has 3 rings (SSSR count). The molecular formula is C16H16FN5O. The Kier molecular flexibility index (Phi) is 3.55. The Bertz CT molecular complexity index is 882. The van der Waals surface area contributed by atoms with Crippen molar-refractivity contribution in [2.45, 2.75) is 19.5 Å². The fourth-order valence-electron chi connectivity index (χ4n) is 2.13. The zero-order valence-corrected chi connectivity index (χ0v) is 13.0. The number of alkyl halides is 1. The number of nitrogens with zero attached hydrogens (tertiary/aromatic N) is 4. The molecule has 0 spiro atoms. The lowest BCUT2D eigenvalue weighted by molar-refractivity contribution is -0.125. The van der Waals surface area contributed by atoms with Crippen LogP contribution in [-0.2, 0) is 11.8 Å². The number of amides is 1. The molecule has 118 valence electrons. The van der Waals surface area contributed by atoms with Gasteiger partial charge in [0.25, 0.3) is 5.91 Å². The molecule has 6 nitrogen and oxygen atoms in total. The molecule has 0 atom stereocenters. The lowest BCUT2D eigenvalue weighted by atomic mass is 10.1. The van der Waals surface area contributed by atoms with E-state index < -0.39 is 11.6 Å². The minimum atomic E-state index is -1.99. The number of nitrogens with one attached hydrogen (secondary N) is 1. The minimum absolute atomic E-state index is 0.0791. The number of benzene rings is 1. The number of rotatable bonds is 3. The number of hydrogen-bond acceptors (Lipinski definition) is 4. The number of aryl methyl sites for hydroxylation is 1. The van der Waals surface area contributed by atoms with E-state index in [9.17, 15) is 9.18 Å². The van der Waals surface area contributed by atoms with Gasteiger partial charge in [-0.1, -0.05) is 12.1 Å². The Morgan fingerprint density at radius 1 is 1.30 bits per heavy atom. The topological polar surface area (TPSA) is 72.7 Å². The summed E-state index contributed by atoms with van der Waals surface area (Å²) in [5.74, 6) is -0.699. The highest BCUT2D eigenvalue weighted by Gasteiger charge is 2.27. The second-order valence-electron chi connectivity index (χ2n) is 5.78. The first kappa shape index (κ1) is 15.1. The minimum Gasteiger partial charge on any atom is -0.334 e. The number of anilines is 1. The van der Waals surface area contributed by atoms with Crippen LogP contribution in [0, 0.1) is 0 Å². The largest absolute Gasteiger partial charge is 0.334 e. The van der Waals surface area contributed by atoms with Crippen molar-refractivity contribution in [3.05, 3.63) is 36.9 Å². The zero-order valence-electron chi connectivity index (χ0n) is 13.0. The fourth-order valence-corrected chi connectivity index (χ4v) is 2.13. The van der Waals surface area contributed by atoms with Gasteiger partial charge >= 0.3 is 0 Å². The standard InChI is InChI=1S/C16H16FN5O/c1-16(2,17)14(23)21-15-19-7-11-5-4-10(6-12(11)20-15)13-8-18-9-22(13)3/h4-9H,1-3H3,(H,19,20,21,23). The normalized spacial score (nSPS) is 11.7. The molecule has 0 saturated carbocycles. The van der Waals surface area contributed by atoms with Gasteiger partial charge < -0.3 is 4.57 Å². The Hall–Kier alpha value is -2.83. The lowest BCUT2D eigenvalue weighted by Crippen LogP contribution is -2.33. The van der Waals surface area contributed by atoms with Crippen LogP contribution in [0.25, 0.3) is 22.2 Å². The van der Waals surface area contributed by atoms with Gasteiger partial charge in [0, 0.05) is 24.2 Å². The summed E-state index contributed by atoms with van der Waals surface area (Å²) < 4.78 is 15.5. The summed E-state index contributed by atoms with van der Waals surface area (Å²) in [4.78, 5) is 24.1. The predicted molar refractivity (Wildman–Crippen MR) is 85.6 cm³/mol. The van der Waals surface area contributed by atoms with E-state index in [1.165, 1.54) is 13.8 Å². The van der Waals surface area contributed by atoms with Gasteiger partial charge in [-0.25, -0.2) is 19.3 Å². The molecule has 7 heteroatoms. The monoisotopic (exact) mass is 313 g/mol. The first-order chi connectivity index (χ1) is 10.8. The van der Waals surface area contributed by atoms with Crippen molar-refractivity contribution < 1.29 is 9.18 Å². The Balaban J connectivity index is 1.98. The molecule has 3 aromatic rings. The molecule has 0 unspecified atom stereocenters. The summed E-state index contributed by atoms with van der Waals surface area (Å²) in [6.07, 6.45) is 5.07. The molecule has 2 heterocycles. The van der Waals surface area contributed by atoms with Gasteiger partial charge in [0.05, 0.1) is 23.7 Å². The zero-order chi connectivity index (χ0) is 16.6. The van der Waals surface area contributed by atoms with Gasteiger partial charge in [-0.05, 0) is 19.9 Å². The second kappa shape index (κ2) is 5.42. The van der Waals surface area contributed by atoms with Crippen LogP contribution in [0.4, 0.5) is 10.3 Å². The van der Waals surface area contributed by atoms with Crippen LogP contribution in [0.5, 0.6) is 0 Å². The molecule has 2 aromatic heterocycles. The van der Waals surface area contributed by atoms with Crippen molar-refractivity contribution in [3.63, 3.8) is 0 Å². The molecule has 1 aromatic carbocycles. The maximum atomic E-state index is 13.6. The van der Waals surface area contributed by atoms with E-state index in [2.05, 4.69) is 20.3 Å². The van der Waals surface area contributed by atoms with Crippen LogP contribution in [0.15, 0.2) is 36.9 Å². The highest BCUT2D eigenvalue weighted by molar-refractivity contribution is 5.96. The number of hydrogen-bond donors (Lipinski definition) is 1. The van der Waals surface area contributed by atoms with Gasteiger partial charge in [-0.3, -0.25) is 10.1 Å². The quantitative estimate of drug-likeness (QED) is 0.807. The summed E-state index contributed by atoms with van der Waals surface area (Å²) in [6, 6.07) is 5.72. The molecule has 1 N–H and O–H groups in total. The van der Waals surface area contributed by atoms with E-state index in [1.807, 2.05) is 29.8 Å². The number of imidazole rings is 1. The summed E-state index contributed by atoms with van der Waals surface area (Å²) in [6.45, 7) is 2.37. The summed E-state index contributed by atoms with van der Waals surface area (Å²) in [7, 11) is 1.90. The van der Waals surface area contributed by atoms with E-state index in [1.54, 1.807) is 18.7 Å². The second-order valence-corrected chi connectivity index (χ2v) is 5.78. The molecule has 0 radical (unpaired) electrons. The van der Waals surface area contributed by atoms with Crippen molar-refractivity contribution in [1.82, 2.24) is 19.5 Å². The van der Waals surface area contributed by atoms with Crippen LogP contribution in [0.1, 0.15) is 13.8 Å². The molecule has 23 heavy (non-hydrogen) atoms. The van der Waals surface area contributed by atoms with Gasteiger partial charge in [-0.2, -0.15) is 0 Å². The average molecular weight is 313 g/mol. The van der Waals surface area contributed by atoms with Gasteiger partial charge in [-0.15, -0.1) is 0 Å². The summed E-state index contributed by atoms with van der Waals surface area (Å²) in [5.41, 5.74) is 0.556. The van der Waals surface area contributed by atoms with Crippen LogP contribution < -0.4 is 5.32 Å². The van der Waals surface area contributed by atoms with E-state index in [0.717, 1.165) is 16.6 Å². The van der Waals surface area contributed by atoms with Crippen LogP contribution in [0.2, 0.25) is 0 Å². The summed E-state index contributed by atoms with van der Waals surface area (Å²) >= 11 is 0. The molecule has 0 bridgehead atoms. The molecule has 0 fully saturated rings. The molecule has 0 aliphatic carbocycles. The Morgan fingerprint density at radius 2 is 2.09 bits per heavy atom. The average Bonchev–Trinajstić information content (AvgIpc) is 2.91. The number of carbonyl (C=O) groups is 1. The Labute approximate surface area is 132 Å². The van der Waals surface area contributed by atoms with E-state index in [0.29, 0.717) is 5.52 Å². The van der Waals surface area contributed by atoms with E-state index >= 15 is 0 Å². The third kappa shape index (κ3) is 3.03. The van der Waals surface area contributed by atoms with Crippen molar-refractivity contribution >= 4 is 22.8 Å². The molecular weight excluding hydrogens is 297 g/mol. The smallest absolute Gasteiger partial charge is 0.263 e. The van der Waals surface area contributed by atoms with Crippen LogP contribution in [0.3, 0.4) is 0 Å². The van der Waals surface area contributed by atoms with Crippen molar-refractivity contribution in [1.29, 1.82) is 0 Å². The van der Waals surface area contributed by atoms with Gasteiger partial charge in [0.1, 0.15) is 0 Å². The summed E-state index contributed by atoms with van der Waals surface area (Å²) in [5, 5.41) is 3.21. The van der Waals surface area contributed by atoms with Gasteiger partial charge in [0.15, 0.2) is 5.67 Å². The first-order valence-electron chi connectivity index (χ1n) is 7.08. The van der Waals surface area contributed by atoms with Crippen molar-refractivity contribution in [3.8, 4) is 11.3 Å². The molecule has 0 aliphatic heterocycles. The highest BCUT2D eigenvalue weighted by Crippen LogP contribution is 2.23. The molecule has 0 saturated heterocycles. The number of halogens is 1. The fraction of sp³-hybridized carbons (Fsp3) is 0.250. The highest BCUT2D eigenvalue weighted by atomic mass is 19.1. The molecule has 1 amide bonds. The predicted octanol–water partition coefficient (Wildman–Crippen LogP) is 2.72. The SMILES string of the molecule is Cn1cncc1-c1ccc2cnc(NC(=O)C(C)(C)F)nc2c1. The van der Waals surface area contributed by atoms with Crippen molar-refractivity contribution in [2.75, 3.05) is 5.32 Å². The number of carbonyl (C=O) groups excluding carboxylic acids is 1. The maximum Gasteiger partial charge on any atom is 0.263 e. The maximum absolute atomic E-state index is 13.6. The third-order valence-corrected chi connectivity index (χ3v) is 3.46. The van der Waals surface area contributed by atoms with E-state index in [-0.39, 0.29) is 5.95 Å². The third-order valence-electron chi connectivity index (χ3n) is 3.46. The number of fused-ring (bicyclic) bond motifs is 1. The lowest BCUT2D eigenvalue weighted by Gasteiger charge is -2.13. The number of aromatic nitrogens is 4. The molecule has 0 aliphatic rings. The van der Waals surface area contributed by atoms with Crippen LogP contribution >= 0.6 is 0 Å². The first-order valence-corrected chi connectivity index (χ1v) is 7.08. The van der Waals surface area contributed by atoms with Gasteiger partial charge in [0.2, 0.25) is 5.95 Å². The Morgan fingerprint density at radius 3 is 2.74 bits per heavy atom. The van der Waals surface area contributed by atoms with Crippen LogP contribution in [-0.4, -0.2) is 31.1 Å². The van der Waals surface area contributed by atoms with E-state index in [4.69, 9.17) is 0 Å².